The van der Waals surface area contributed by atoms with E-state index in [2.05, 4.69) is 20.1 Å². The van der Waals surface area contributed by atoms with Crippen molar-refractivity contribution in [2.75, 3.05) is 44.7 Å². The van der Waals surface area contributed by atoms with Crippen molar-refractivity contribution in [1.82, 2.24) is 24.7 Å². The molecule has 38 heavy (non-hydrogen) atoms. The molecule has 1 N–H and O–H groups in total. The van der Waals surface area contributed by atoms with Crippen LogP contribution in [0.15, 0.2) is 47.5 Å². The second kappa shape index (κ2) is 12.1. The fraction of sp³-hybridized carbons (Fsp3) is 0.407. The molecule has 0 atom stereocenters. The number of rotatable bonds is 8. The number of piperazine rings is 1. The largest absolute Gasteiger partial charge is 0.369 e. The van der Waals surface area contributed by atoms with Gasteiger partial charge in [0.15, 0.2) is 0 Å². The van der Waals surface area contributed by atoms with E-state index in [0.29, 0.717) is 34.0 Å². The van der Waals surface area contributed by atoms with Crippen LogP contribution in [-0.2, 0) is 22.7 Å². The van der Waals surface area contributed by atoms with Crippen LogP contribution in [0, 0.1) is 0 Å². The maximum atomic E-state index is 13.3. The first-order valence-corrected chi connectivity index (χ1v) is 13.3. The predicted molar refractivity (Wildman–Crippen MR) is 151 cm³/mol. The van der Waals surface area contributed by atoms with Gasteiger partial charge in [0.1, 0.15) is 6.54 Å². The minimum Gasteiger partial charge on any atom is -0.369 e. The van der Waals surface area contributed by atoms with Gasteiger partial charge in [-0.2, -0.15) is 0 Å². The van der Waals surface area contributed by atoms with Crippen molar-refractivity contribution in [2.45, 2.75) is 33.0 Å². The molecule has 0 radical (unpaired) electrons. The molecule has 1 aliphatic rings. The number of anilines is 1. The summed E-state index contributed by atoms with van der Waals surface area (Å²) in [6, 6.07) is 11.0. The second-order valence-corrected chi connectivity index (χ2v) is 10.7. The van der Waals surface area contributed by atoms with Crippen molar-refractivity contribution in [3.8, 4) is 0 Å². The molecule has 3 aromatic rings. The summed E-state index contributed by atoms with van der Waals surface area (Å²) in [4.78, 5) is 48.5. The molecule has 11 heteroatoms. The number of fused-ring (bicyclic) bond motifs is 1. The van der Waals surface area contributed by atoms with E-state index >= 15 is 0 Å². The average Bonchev–Trinajstić information content (AvgIpc) is 2.87. The van der Waals surface area contributed by atoms with Crippen molar-refractivity contribution >= 4 is 51.6 Å². The minimum atomic E-state index is -0.267. The van der Waals surface area contributed by atoms with Crippen LogP contribution in [-0.4, -0.2) is 77.0 Å². The summed E-state index contributed by atoms with van der Waals surface area (Å²) in [7, 11) is 1.68. The van der Waals surface area contributed by atoms with Crippen LogP contribution in [0.4, 0.5) is 5.69 Å². The van der Waals surface area contributed by atoms with E-state index in [0.717, 1.165) is 37.4 Å². The lowest BCUT2D eigenvalue weighted by Gasteiger charge is -2.35. The van der Waals surface area contributed by atoms with Gasteiger partial charge in [0, 0.05) is 51.5 Å². The molecule has 0 saturated carbocycles. The Balaban J connectivity index is 1.42. The molecule has 1 saturated heterocycles. The first kappa shape index (κ1) is 27.9. The lowest BCUT2D eigenvalue weighted by Crippen LogP contribution is -2.50. The Morgan fingerprint density at radius 2 is 1.76 bits per heavy atom. The molecule has 1 fully saturated rings. The number of likely N-dealkylation sites (N-methyl/N-ethyl adjacent to an activating group) is 1. The van der Waals surface area contributed by atoms with Gasteiger partial charge in [0.05, 0.1) is 33.8 Å². The summed E-state index contributed by atoms with van der Waals surface area (Å²) in [6.07, 6.45) is 1.41. The maximum absolute atomic E-state index is 13.3. The molecule has 0 spiro atoms. The van der Waals surface area contributed by atoms with E-state index in [-0.39, 0.29) is 30.0 Å². The number of aromatic nitrogens is 2. The molecular weight excluding hydrogens is 527 g/mol. The smallest absolute Gasteiger partial charge is 0.261 e. The standard InChI is InChI=1S/C27H32Cl2N6O3/c1-18(2)31-25(36)15-33-8-10-34(11-9-33)20-5-7-24-21(13-20)27(38)35(17-30-24)16-26(37)32(3)14-19-4-6-22(28)23(29)12-19/h4-7,12-13,17-18H,8-11,14-16H2,1-3H3,(H,31,36). The maximum Gasteiger partial charge on any atom is 0.261 e. The Kier molecular flexibility index (Phi) is 8.91. The van der Waals surface area contributed by atoms with Gasteiger partial charge in [0.2, 0.25) is 11.8 Å². The summed E-state index contributed by atoms with van der Waals surface area (Å²) in [5, 5.41) is 4.26. The number of hydrogen-bond acceptors (Lipinski definition) is 6. The predicted octanol–water partition coefficient (Wildman–Crippen LogP) is 3.01. The van der Waals surface area contributed by atoms with Gasteiger partial charge in [-0.3, -0.25) is 23.9 Å². The van der Waals surface area contributed by atoms with Crippen LogP contribution in [0.3, 0.4) is 0 Å². The van der Waals surface area contributed by atoms with Gasteiger partial charge in [-0.15, -0.1) is 0 Å². The highest BCUT2D eigenvalue weighted by molar-refractivity contribution is 6.42. The number of hydrogen-bond donors (Lipinski definition) is 1. The molecule has 2 heterocycles. The highest BCUT2D eigenvalue weighted by Crippen LogP contribution is 2.23. The van der Waals surface area contributed by atoms with Gasteiger partial charge in [-0.05, 0) is 49.7 Å². The quantitative estimate of drug-likeness (QED) is 0.457. The van der Waals surface area contributed by atoms with Crippen LogP contribution in [0.25, 0.3) is 10.9 Å². The van der Waals surface area contributed by atoms with E-state index < -0.39 is 0 Å². The molecule has 0 aliphatic carbocycles. The van der Waals surface area contributed by atoms with Gasteiger partial charge in [-0.1, -0.05) is 29.3 Å². The minimum absolute atomic E-state index is 0.0305. The summed E-state index contributed by atoms with van der Waals surface area (Å²) in [5.41, 5.74) is 2.07. The lowest BCUT2D eigenvalue weighted by atomic mass is 10.2. The zero-order valence-corrected chi connectivity index (χ0v) is 23.3. The van der Waals surface area contributed by atoms with Gasteiger partial charge < -0.3 is 15.1 Å². The first-order valence-electron chi connectivity index (χ1n) is 12.5. The van der Waals surface area contributed by atoms with Crippen LogP contribution in [0.5, 0.6) is 0 Å². The Labute approximate surface area is 231 Å². The van der Waals surface area contributed by atoms with E-state index in [1.54, 1.807) is 19.2 Å². The third kappa shape index (κ3) is 6.83. The SMILES string of the molecule is CC(C)NC(=O)CN1CCN(c2ccc3ncn(CC(=O)N(C)Cc4ccc(Cl)c(Cl)c4)c(=O)c3c2)CC1. The van der Waals surface area contributed by atoms with Gasteiger partial charge >= 0.3 is 0 Å². The van der Waals surface area contributed by atoms with Crippen molar-refractivity contribution < 1.29 is 9.59 Å². The normalized spacial score (nSPS) is 14.2. The molecule has 4 rings (SSSR count). The third-order valence-electron chi connectivity index (χ3n) is 6.50. The summed E-state index contributed by atoms with van der Waals surface area (Å²) in [6.45, 7) is 7.48. The Bertz CT molecular complexity index is 1380. The molecule has 0 bridgehead atoms. The van der Waals surface area contributed by atoms with Crippen molar-refractivity contribution in [3.05, 3.63) is 68.7 Å². The first-order chi connectivity index (χ1) is 18.1. The molecule has 2 aromatic carbocycles. The van der Waals surface area contributed by atoms with Gasteiger partial charge in [-0.25, -0.2) is 4.98 Å². The third-order valence-corrected chi connectivity index (χ3v) is 7.24. The number of halogens is 2. The number of nitrogens with one attached hydrogen (secondary N) is 1. The Morgan fingerprint density at radius 3 is 2.45 bits per heavy atom. The molecule has 2 amide bonds. The van der Waals surface area contributed by atoms with Crippen LogP contribution in [0.2, 0.25) is 10.0 Å². The summed E-state index contributed by atoms with van der Waals surface area (Å²) >= 11 is 12.1. The zero-order chi connectivity index (χ0) is 27.4. The van der Waals surface area contributed by atoms with E-state index in [9.17, 15) is 14.4 Å². The van der Waals surface area contributed by atoms with Crippen LogP contribution < -0.4 is 15.8 Å². The molecule has 9 nitrogen and oxygen atoms in total. The molecule has 202 valence electrons. The van der Waals surface area contributed by atoms with Crippen LogP contribution in [0.1, 0.15) is 19.4 Å². The number of carbonyl (C=O) groups excluding carboxylic acids is 2. The average molecular weight is 559 g/mol. The van der Waals surface area contributed by atoms with E-state index in [1.165, 1.54) is 15.8 Å². The number of benzene rings is 2. The Hall–Kier alpha value is -3.14. The van der Waals surface area contributed by atoms with Gasteiger partial charge in [0.25, 0.3) is 5.56 Å². The van der Waals surface area contributed by atoms with Crippen molar-refractivity contribution in [3.63, 3.8) is 0 Å². The number of nitrogens with zero attached hydrogens (tertiary/aromatic N) is 5. The van der Waals surface area contributed by atoms with E-state index in [1.807, 2.05) is 38.1 Å². The van der Waals surface area contributed by atoms with Crippen LogP contribution >= 0.6 is 23.2 Å². The van der Waals surface area contributed by atoms with E-state index in [4.69, 9.17) is 23.2 Å². The molecule has 1 aliphatic heterocycles. The fourth-order valence-electron chi connectivity index (χ4n) is 4.46. The second-order valence-electron chi connectivity index (χ2n) is 9.86. The lowest BCUT2D eigenvalue weighted by molar-refractivity contribution is -0.131. The fourth-order valence-corrected chi connectivity index (χ4v) is 4.78. The molecule has 0 unspecified atom stereocenters. The van der Waals surface area contributed by atoms with Crippen molar-refractivity contribution in [2.24, 2.45) is 0 Å². The zero-order valence-electron chi connectivity index (χ0n) is 21.8. The number of carbonyl (C=O) groups is 2. The summed E-state index contributed by atoms with van der Waals surface area (Å²) in [5.74, 6) is -0.198. The Morgan fingerprint density at radius 1 is 1.03 bits per heavy atom. The highest BCUT2D eigenvalue weighted by Gasteiger charge is 2.20. The molecular formula is C27H32Cl2N6O3. The van der Waals surface area contributed by atoms with Crippen molar-refractivity contribution in [1.29, 1.82) is 0 Å². The highest BCUT2D eigenvalue weighted by atomic mass is 35.5. The topological polar surface area (TPSA) is 90.8 Å². The monoisotopic (exact) mass is 558 g/mol. The molecule has 1 aromatic heterocycles. The number of amides is 2. The summed E-state index contributed by atoms with van der Waals surface area (Å²) < 4.78 is 1.34.